The Balaban J connectivity index is 1.95. The zero-order valence-electron chi connectivity index (χ0n) is 10.6. The lowest BCUT2D eigenvalue weighted by atomic mass is 10.2. The Morgan fingerprint density at radius 3 is 2.80 bits per heavy atom. The number of aromatic nitrogens is 2. The van der Waals surface area contributed by atoms with Crippen molar-refractivity contribution in [2.75, 3.05) is 0 Å². The van der Waals surface area contributed by atoms with Crippen molar-refractivity contribution in [3.8, 4) is 11.4 Å². The van der Waals surface area contributed by atoms with Crippen LogP contribution in [0.25, 0.3) is 11.4 Å². The van der Waals surface area contributed by atoms with Crippen LogP contribution in [0, 0.1) is 0 Å². The molecule has 20 heavy (non-hydrogen) atoms. The number of imidazole rings is 1. The first-order valence-corrected chi connectivity index (χ1v) is 6.12. The molecule has 0 unspecified atom stereocenters. The molecule has 0 aliphatic heterocycles. The molecule has 0 spiro atoms. The first kappa shape index (κ1) is 12.2. The molecule has 0 aliphatic rings. The predicted molar refractivity (Wildman–Crippen MR) is 72.4 cm³/mol. The molecular weight excluding hydrogens is 256 g/mol. The minimum Gasteiger partial charge on any atom is -0.475 e. The van der Waals surface area contributed by atoms with Gasteiger partial charge in [0.25, 0.3) is 0 Å². The summed E-state index contributed by atoms with van der Waals surface area (Å²) >= 11 is 0. The number of nitrogens with zero attached hydrogens (tertiary/aromatic N) is 2. The lowest BCUT2D eigenvalue weighted by Crippen LogP contribution is -2.05. The van der Waals surface area contributed by atoms with Crippen molar-refractivity contribution in [1.29, 1.82) is 0 Å². The molecule has 0 radical (unpaired) electrons. The Morgan fingerprint density at radius 1 is 1.25 bits per heavy atom. The van der Waals surface area contributed by atoms with Crippen LogP contribution in [0.15, 0.2) is 59.5 Å². The number of rotatable bonds is 4. The number of benzene rings is 1. The Kier molecular flexibility index (Phi) is 3.09. The van der Waals surface area contributed by atoms with Crippen LogP contribution in [0.1, 0.15) is 16.1 Å². The van der Waals surface area contributed by atoms with Crippen LogP contribution in [-0.4, -0.2) is 20.6 Å². The molecule has 0 saturated carbocycles. The zero-order chi connectivity index (χ0) is 13.9. The van der Waals surface area contributed by atoms with Crippen molar-refractivity contribution in [2.45, 2.75) is 6.54 Å². The molecule has 5 nitrogen and oxygen atoms in total. The van der Waals surface area contributed by atoms with E-state index in [1.807, 2.05) is 41.1 Å². The summed E-state index contributed by atoms with van der Waals surface area (Å²) in [5.74, 6) is -0.299. The minimum absolute atomic E-state index is 0.0299. The third-order valence-electron chi connectivity index (χ3n) is 3.03. The Morgan fingerprint density at radius 2 is 2.05 bits per heavy atom. The lowest BCUT2D eigenvalue weighted by Gasteiger charge is -2.07. The van der Waals surface area contributed by atoms with E-state index in [1.54, 1.807) is 12.3 Å². The number of carboxylic acids is 1. The van der Waals surface area contributed by atoms with E-state index < -0.39 is 5.97 Å². The number of carbonyl (C=O) groups is 1. The van der Waals surface area contributed by atoms with Gasteiger partial charge < -0.3 is 14.1 Å². The van der Waals surface area contributed by atoms with Gasteiger partial charge in [-0.25, -0.2) is 9.78 Å². The molecule has 1 N–H and O–H groups in total. The van der Waals surface area contributed by atoms with Crippen LogP contribution in [0.3, 0.4) is 0 Å². The van der Waals surface area contributed by atoms with Gasteiger partial charge in [-0.3, -0.25) is 0 Å². The fourth-order valence-corrected chi connectivity index (χ4v) is 2.12. The van der Waals surface area contributed by atoms with E-state index in [1.165, 1.54) is 6.26 Å². The highest BCUT2D eigenvalue weighted by atomic mass is 16.4. The molecule has 0 aliphatic carbocycles. The maximum atomic E-state index is 11.0. The maximum Gasteiger partial charge on any atom is 0.372 e. The van der Waals surface area contributed by atoms with E-state index >= 15 is 0 Å². The fraction of sp³-hybridized carbons (Fsp3) is 0.0667. The van der Waals surface area contributed by atoms with Gasteiger partial charge in [-0.2, -0.15) is 0 Å². The Labute approximate surface area is 115 Å². The Bertz CT molecular complexity index is 728. The Hall–Kier alpha value is -2.82. The van der Waals surface area contributed by atoms with E-state index in [-0.39, 0.29) is 5.76 Å². The van der Waals surface area contributed by atoms with Gasteiger partial charge in [0.05, 0.1) is 12.8 Å². The van der Waals surface area contributed by atoms with Gasteiger partial charge in [-0.15, -0.1) is 0 Å². The molecule has 2 aromatic heterocycles. The average molecular weight is 268 g/mol. The van der Waals surface area contributed by atoms with Crippen LogP contribution in [0.5, 0.6) is 0 Å². The number of furan rings is 1. The lowest BCUT2D eigenvalue weighted by molar-refractivity contribution is 0.0660. The van der Waals surface area contributed by atoms with Gasteiger partial charge in [0.1, 0.15) is 5.82 Å². The third kappa shape index (κ3) is 2.21. The number of aromatic carboxylic acids is 1. The van der Waals surface area contributed by atoms with Crippen LogP contribution in [0.4, 0.5) is 0 Å². The molecule has 5 heteroatoms. The summed E-state index contributed by atoms with van der Waals surface area (Å²) in [4.78, 5) is 15.4. The number of hydrogen-bond donors (Lipinski definition) is 1. The normalized spacial score (nSPS) is 10.6. The fourth-order valence-electron chi connectivity index (χ4n) is 2.12. The van der Waals surface area contributed by atoms with Crippen LogP contribution in [-0.2, 0) is 6.54 Å². The van der Waals surface area contributed by atoms with E-state index in [2.05, 4.69) is 4.98 Å². The highest BCUT2D eigenvalue weighted by Crippen LogP contribution is 2.20. The standard InChI is InChI=1S/C15H12N2O3/c18-15(19)13-12(6-9-20-13)10-17-8-7-16-14(17)11-4-2-1-3-5-11/h1-9H,10H2,(H,18,19). The number of carboxylic acid groups (broad SMARTS) is 1. The highest BCUT2D eigenvalue weighted by Gasteiger charge is 2.15. The van der Waals surface area contributed by atoms with Crippen molar-refractivity contribution >= 4 is 5.97 Å². The van der Waals surface area contributed by atoms with Crippen molar-refractivity contribution in [3.05, 3.63) is 66.4 Å². The van der Waals surface area contributed by atoms with Crippen LogP contribution < -0.4 is 0 Å². The monoisotopic (exact) mass is 268 g/mol. The largest absolute Gasteiger partial charge is 0.475 e. The second-order valence-corrected chi connectivity index (χ2v) is 4.32. The second kappa shape index (κ2) is 5.05. The molecule has 0 saturated heterocycles. The summed E-state index contributed by atoms with van der Waals surface area (Å²) in [7, 11) is 0. The van der Waals surface area contributed by atoms with Crippen LogP contribution >= 0.6 is 0 Å². The molecule has 1 aromatic carbocycles. The highest BCUT2D eigenvalue weighted by molar-refractivity contribution is 5.86. The van der Waals surface area contributed by atoms with E-state index in [4.69, 9.17) is 9.52 Å². The molecule has 0 fully saturated rings. The predicted octanol–water partition coefficient (Wildman–Crippen LogP) is 2.89. The summed E-state index contributed by atoms with van der Waals surface area (Å²) in [6, 6.07) is 11.4. The molecule has 3 rings (SSSR count). The molecule has 0 bridgehead atoms. The molecule has 0 amide bonds. The van der Waals surface area contributed by atoms with Gasteiger partial charge in [0.2, 0.25) is 5.76 Å². The van der Waals surface area contributed by atoms with Gasteiger partial charge in [-0.05, 0) is 6.07 Å². The van der Waals surface area contributed by atoms with Crippen LogP contribution in [0.2, 0.25) is 0 Å². The minimum atomic E-state index is -1.06. The number of hydrogen-bond acceptors (Lipinski definition) is 3. The topological polar surface area (TPSA) is 68.3 Å². The molecule has 100 valence electrons. The van der Waals surface area contributed by atoms with E-state index in [9.17, 15) is 4.79 Å². The maximum absolute atomic E-state index is 11.0. The summed E-state index contributed by atoms with van der Waals surface area (Å²) in [6.07, 6.45) is 4.90. The summed E-state index contributed by atoms with van der Waals surface area (Å²) in [5, 5.41) is 9.05. The smallest absolute Gasteiger partial charge is 0.372 e. The van der Waals surface area contributed by atoms with Crippen molar-refractivity contribution in [3.63, 3.8) is 0 Å². The molecular formula is C15H12N2O3. The van der Waals surface area contributed by atoms with Crippen molar-refractivity contribution in [1.82, 2.24) is 9.55 Å². The van der Waals surface area contributed by atoms with Gasteiger partial charge >= 0.3 is 5.97 Å². The molecule has 2 heterocycles. The SMILES string of the molecule is O=C(O)c1occc1Cn1ccnc1-c1ccccc1. The van der Waals surface area contributed by atoms with Gasteiger partial charge in [0, 0.05) is 23.5 Å². The third-order valence-corrected chi connectivity index (χ3v) is 3.03. The second-order valence-electron chi connectivity index (χ2n) is 4.32. The molecule has 0 atom stereocenters. The zero-order valence-corrected chi connectivity index (χ0v) is 10.6. The van der Waals surface area contributed by atoms with E-state index in [0.717, 1.165) is 11.4 Å². The summed E-state index contributed by atoms with van der Waals surface area (Å²) < 4.78 is 6.88. The summed E-state index contributed by atoms with van der Waals surface area (Å²) in [5.41, 5.74) is 1.60. The molecule has 3 aromatic rings. The quantitative estimate of drug-likeness (QED) is 0.790. The first-order chi connectivity index (χ1) is 9.75. The van der Waals surface area contributed by atoms with Crippen molar-refractivity contribution < 1.29 is 14.3 Å². The van der Waals surface area contributed by atoms with E-state index in [0.29, 0.717) is 12.1 Å². The average Bonchev–Trinajstić information content (AvgIpc) is 3.09. The van der Waals surface area contributed by atoms with Gasteiger partial charge in [-0.1, -0.05) is 30.3 Å². The van der Waals surface area contributed by atoms with Gasteiger partial charge in [0.15, 0.2) is 0 Å². The van der Waals surface area contributed by atoms with Crippen molar-refractivity contribution in [2.24, 2.45) is 0 Å². The first-order valence-electron chi connectivity index (χ1n) is 6.12. The summed E-state index contributed by atoms with van der Waals surface area (Å²) in [6.45, 7) is 0.405.